The number of nitrogens with one attached hydrogen (secondary N) is 2. The van der Waals surface area contributed by atoms with Gasteiger partial charge >= 0.3 is 5.00 Å². The van der Waals surface area contributed by atoms with Crippen LogP contribution >= 0.6 is 11.3 Å². The van der Waals surface area contributed by atoms with Crippen LogP contribution in [0.4, 0.5) is 16.6 Å². The molecule has 12 heteroatoms. The summed E-state index contributed by atoms with van der Waals surface area (Å²) in [6.07, 6.45) is 2.80. The SMILES string of the molecule is O=C(Nc1ccc(S(=O)(=O)Nc2ncccn2)cc1)c1csc([N+](=O)[O-])c1. The van der Waals surface area contributed by atoms with Crippen molar-refractivity contribution in [1.82, 2.24) is 9.97 Å². The smallest absolute Gasteiger partial charge is 0.322 e. The minimum absolute atomic E-state index is 0.0425. The van der Waals surface area contributed by atoms with Crippen LogP contribution in [0.15, 0.2) is 59.1 Å². The number of rotatable bonds is 6. The van der Waals surface area contributed by atoms with Gasteiger partial charge in [-0.15, -0.1) is 0 Å². The molecule has 0 aliphatic rings. The van der Waals surface area contributed by atoms with Gasteiger partial charge in [0.1, 0.15) is 0 Å². The summed E-state index contributed by atoms with van der Waals surface area (Å²) < 4.78 is 26.8. The summed E-state index contributed by atoms with van der Waals surface area (Å²) in [7, 11) is -3.88. The van der Waals surface area contributed by atoms with Crippen LogP contribution in [0.5, 0.6) is 0 Å². The molecule has 1 amide bonds. The standard InChI is InChI=1S/C15H11N5O5S2/c21-14(10-8-13(20(22)23)26-9-10)18-11-2-4-12(5-3-11)27(24,25)19-15-16-6-1-7-17-15/h1-9H,(H,18,21)(H,16,17,19). The zero-order chi connectivity index (χ0) is 19.4. The number of aromatic nitrogens is 2. The number of anilines is 2. The lowest BCUT2D eigenvalue weighted by molar-refractivity contribution is -0.380. The second-order valence-electron chi connectivity index (χ2n) is 5.09. The van der Waals surface area contributed by atoms with E-state index in [0.29, 0.717) is 5.69 Å². The monoisotopic (exact) mass is 405 g/mol. The van der Waals surface area contributed by atoms with Crippen LogP contribution in [0, 0.1) is 10.1 Å². The highest BCUT2D eigenvalue weighted by Gasteiger charge is 2.17. The Morgan fingerprint density at radius 2 is 1.81 bits per heavy atom. The lowest BCUT2D eigenvalue weighted by atomic mass is 10.3. The lowest BCUT2D eigenvalue weighted by Gasteiger charge is -2.08. The molecular weight excluding hydrogens is 394 g/mol. The number of thiophene rings is 1. The molecule has 0 fully saturated rings. The van der Waals surface area contributed by atoms with Gasteiger partial charge in [0.15, 0.2) is 0 Å². The lowest BCUT2D eigenvalue weighted by Crippen LogP contribution is -2.15. The molecule has 138 valence electrons. The molecule has 0 bridgehead atoms. The maximum Gasteiger partial charge on any atom is 0.324 e. The number of sulfonamides is 1. The van der Waals surface area contributed by atoms with Gasteiger partial charge in [-0.1, -0.05) is 11.3 Å². The average molecular weight is 405 g/mol. The number of hydrogen-bond acceptors (Lipinski definition) is 8. The van der Waals surface area contributed by atoms with Crippen LogP contribution < -0.4 is 10.0 Å². The zero-order valence-corrected chi connectivity index (χ0v) is 15.0. The van der Waals surface area contributed by atoms with Crippen molar-refractivity contribution in [2.75, 3.05) is 10.0 Å². The fourth-order valence-corrected chi connectivity index (χ4v) is 3.65. The third-order valence-electron chi connectivity index (χ3n) is 3.24. The predicted molar refractivity (Wildman–Crippen MR) is 98.2 cm³/mol. The van der Waals surface area contributed by atoms with E-state index in [-0.39, 0.29) is 21.4 Å². The average Bonchev–Trinajstić information content (AvgIpc) is 3.13. The Morgan fingerprint density at radius 3 is 2.41 bits per heavy atom. The second-order valence-corrected chi connectivity index (χ2v) is 7.66. The van der Waals surface area contributed by atoms with E-state index in [2.05, 4.69) is 20.0 Å². The van der Waals surface area contributed by atoms with Crippen molar-refractivity contribution in [3.05, 3.63) is 69.8 Å². The summed E-state index contributed by atoms with van der Waals surface area (Å²) in [5.41, 5.74) is 0.482. The van der Waals surface area contributed by atoms with Crippen molar-refractivity contribution >= 4 is 43.9 Å². The first-order valence-corrected chi connectivity index (χ1v) is 9.65. The Morgan fingerprint density at radius 1 is 1.15 bits per heavy atom. The normalized spacial score (nSPS) is 11.0. The molecule has 0 aliphatic heterocycles. The molecular formula is C15H11N5O5S2. The molecule has 0 spiro atoms. The van der Waals surface area contributed by atoms with Gasteiger partial charge in [0.2, 0.25) is 5.95 Å². The molecule has 3 rings (SSSR count). The second kappa shape index (κ2) is 7.47. The highest BCUT2D eigenvalue weighted by atomic mass is 32.2. The van der Waals surface area contributed by atoms with Crippen LogP contribution in [0.3, 0.4) is 0 Å². The van der Waals surface area contributed by atoms with E-state index < -0.39 is 20.9 Å². The molecule has 0 saturated carbocycles. The Balaban J connectivity index is 1.71. The van der Waals surface area contributed by atoms with E-state index in [4.69, 9.17) is 0 Å². The van der Waals surface area contributed by atoms with Gasteiger partial charge in [-0.2, -0.15) is 0 Å². The highest BCUT2D eigenvalue weighted by Crippen LogP contribution is 2.23. The summed E-state index contributed by atoms with van der Waals surface area (Å²) in [4.78, 5) is 29.7. The summed E-state index contributed by atoms with van der Waals surface area (Å²) >= 11 is 0.844. The Bertz CT molecular complexity index is 1080. The Kier molecular flexibility index (Phi) is 5.09. The Hall–Kier alpha value is -3.38. The molecule has 0 saturated heterocycles. The fourth-order valence-electron chi connectivity index (χ4n) is 1.99. The fraction of sp³-hybridized carbons (Fsp3) is 0. The van der Waals surface area contributed by atoms with Crippen LogP contribution in [0.2, 0.25) is 0 Å². The van der Waals surface area contributed by atoms with E-state index in [1.165, 1.54) is 48.1 Å². The summed E-state index contributed by atoms with van der Waals surface area (Å²) in [5, 5.41) is 14.4. The molecule has 0 unspecified atom stereocenters. The number of nitro groups is 1. The summed E-state index contributed by atoms with van der Waals surface area (Å²) in [6, 6.07) is 8.13. The molecule has 2 heterocycles. The molecule has 0 aliphatic carbocycles. The molecule has 2 aromatic heterocycles. The molecule has 10 nitrogen and oxygen atoms in total. The van der Waals surface area contributed by atoms with Crippen LogP contribution in [-0.4, -0.2) is 29.2 Å². The van der Waals surface area contributed by atoms with E-state index in [9.17, 15) is 23.3 Å². The van der Waals surface area contributed by atoms with Crippen LogP contribution in [-0.2, 0) is 10.0 Å². The Labute approximate surface area is 157 Å². The van der Waals surface area contributed by atoms with Crippen molar-refractivity contribution < 1.29 is 18.1 Å². The largest absolute Gasteiger partial charge is 0.324 e. The van der Waals surface area contributed by atoms with Crippen molar-refractivity contribution in [3.63, 3.8) is 0 Å². The van der Waals surface area contributed by atoms with Crippen molar-refractivity contribution in [2.24, 2.45) is 0 Å². The molecule has 1 aromatic carbocycles. The molecule has 0 atom stereocenters. The zero-order valence-electron chi connectivity index (χ0n) is 13.4. The molecule has 27 heavy (non-hydrogen) atoms. The van der Waals surface area contributed by atoms with Crippen molar-refractivity contribution in [3.8, 4) is 0 Å². The minimum Gasteiger partial charge on any atom is -0.322 e. The maximum atomic E-state index is 12.3. The van der Waals surface area contributed by atoms with Gasteiger partial charge in [0.05, 0.1) is 15.4 Å². The van der Waals surface area contributed by atoms with E-state index in [1.807, 2.05) is 0 Å². The number of benzene rings is 1. The molecule has 0 radical (unpaired) electrons. The first-order chi connectivity index (χ1) is 12.8. The first-order valence-electron chi connectivity index (χ1n) is 7.29. The third-order valence-corrected chi connectivity index (χ3v) is 5.47. The third kappa shape index (κ3) is 4.43. The summed E-state index contributed by atoms with van der Waals surface area (Å²) in [5.74, 6) is -0.598. The van der Waals surface area contributed by atoms with E-state index in [0.717, 1.165) is 11.3 Å². The van der Waals surface area contributed by atoms with Crippen LogP contribution in [0.25, 0.3) is 0 Å². The molecule has 3 aromatic rings. The van der Waals surface area contributed by atoms with E-state index >= 15 is 0 Å². The summed E-state index contributed by atoms with van der Waals surface area (Å²) in [6.45, 7) is 0. The van der Waals surface area contributed by atoms with E-state index in [1.54, 1.807) is 6.07 Å². The molecule has 2 N–H and O–H groups in total. The maximum absolute atomic E-state index is 12.3. The first kappa shape index (κ1) is 18.4. The number of carbonyl (C=O) groups excluding carboxylic acids is 1. The van der Waals surface area contributed by atoms with Gasteiger partial charge in [0.25, 0.3) is 15.9 Å². The number of carbonyl (C=O) groups is 1. The van der Waals surface area contributed by atoms with Crippen LogP contribution in [0.1, 0.15) is 10.4 Å². The quantitative estimate of drug-likeness (QED) is 0.473. The van der Waals surface area contributed by atoms with Gasteiger partial charge in [-0.3, -0.25) is 14.9 Å². The topological polar surface area (TPSA) is 144 Å². The number of hydrogen-bond donors (Lipinski definition) is 2. The minimum atomic E-state index is -3.88. The van der Waals surface area contributed by atoms with Gasteiger partial charge in [-0.05, 0) is 30.3 Å². The van der Waals surface area contributed by atoms with Gasteiger partial charge in [-0.25, -0.2) is 23.1 Å². The van der Waals surface area contributed by atoms with Crippen molar-refractivity contribution in [1.29, 1.82) is 0 Å². The number of nitrogens with zero attached hydrogens (tertiary/aromatic N) is 3. The van der Waals surface area contributed by atoms with Gasteiger partial charge in [0, 0.05) is 29.5 Å². The highest BCUT2D eigenvalue weighted by molar-refractivity contribution is 7.92. The van der Waals surface area contributed by atoms with Crippen molar-refractivity contribution in [2.45, 2.75) is 4.90 Å². The van der Waals surface area contributed by atoms with Gasteiger partial charge < -0.3 is 5.32 Å². The number of amides is 1. The predicted octanol–water partition coefficient (Wildman–Crippen LogP) is 2.50.